The lowest BCUT2D eigenvalue weighted by molar-refractivity contribution is 0.313. The fraction of sp³-hybridized carbons (Fsp3) is 0.375. The lowest BCUT2D eigenvalue weighted by Gasteiger charge is -1.95. The van der Waals surface area contributed by atoms with Gasteiger partial charge in [0.2, 0.25) is 0 Å². The van der Waals surface area contributed by atoms with Crippen molar-refractivity contribution < 1.29 is 4.74 Å². The third-order valence-corrected chi connectivity index (χ3v) is 1.92. The predicted octanol–water partition coefficient (Wildman–Crippen LogP) is 1.48. The molecule has 0 aromatic carbocycles. The third-order valence-electron chi connectivity index (χ3n) is 1.65. The minimum Gasteiger partial charge on any atom is -0.463 e. The number of aromatic nitrogens is 4. The molecule has 0 aliphatic carbocycles. The number of fused-ring (bicyclic) bond motifs is 1. The lowest BCUT2D eigenvalue weighted by Crippen LogP contribution is -1.95. The number of aryl methyl sites for hydroxylation is 1. The van der Waals surface area contributed by atoms with E-state index in [2.05, 4.69) is 15.1 Å². The number of hydrogen-bond donors (Lipinski definition) is 0. The average molecular weight is 213 g/mol. The van der Waals surface area contributed by atoms with Crippen molar-refractivity contribution in [2.75, 3.05) is 6.61 Å². The molecule has 2 heterocycles. The molecule has 0 aliphatic heterocycles. The summed E-state index contributed by atoms with van der Waals surface area (Å²) < 4.78 is 6.59. The summed E-state index contributed by atoms with van der Waals surface area (Å²) >= 11 is 5.94. The van der Waals surface area contributed by atoms with Gasteiger partial charge in [0.15, 0.2) is 0 Å². The Morgan fingerprint density at radius 2 is 2.29 bits per heavy atom. The first-order valence-electron chi connectivity index (χ1n) is 4.23. The molecule has 0 atom stereocenters. The highest BCUT2D eigenvalue weighted by Gasteiger charge is 2.08. The average Bonchev–Trinajstić information content (AvgIpc) is 2.48. The topological polar surface area (TPSA) is 52.3 Å². The molecule has 0 fully saturated rings. The van der Waals surface area contributed by atoms with Crippen LogP contribution in [0.25, 0.3) is 5.78 Å². The van der Waals surface area contributed by atoms with Crippen molar-refractivity contribution in [3.63, 3.8) is 0 Å². The molecule has 2 rings (SSSR count). The molecule has 2 aromatic heterocycles. The predicted molar refractivity (Wildman–Crippen MR) is 51.7 cm³/mol. The Balaban J connectivity index is 2.58. The summed E-state index contributed by atoms with van der Waals surface area (Å²) in [4.78, 5) is 8.22. The molecule has 0 unspecified atom stereocenters. The molecule has 0 N–H and O–H groups in total. The fourth-order valence-electron chi connectivity index (χ4n) is 1.11. The third kappa shape index (κ3) is 1.50. The highest BCUT2D eigenvalue weighted by atomic mass is 35.5. The second kappa shape index (κ2) is 3.42. The molecule has 0 radical (unpaired) electrons. The minimum absolute atomic E-state index is 0.299. The first kappa shape index (κ1) is 9.21. The van der Waals surface area contributed by atoms with Gasteiger partial charge in [-0.2, -0.15) is 9.50 Å². The Bertz CT molecular complexity index is 468. The van der Waals surface area contributed by atoms with Gasteiger partial charge in [-0.3, -0.25) is 0 Å². The largest absolute Gasteiger partial charge is 0.463 e. The molecule has 0 saturated carbocycles. The van der Waals surface area contributed by atoms with Crippen molar-refractivity contribution >= 4 is 17.4 Å². The van der Waals surface area contributed by atoms with Gasteiger partial charge in [0.1, 0.15) is 5.15 Å². The number of hydrogen-bond acceptors (Lipinski definition) is 4. The maximum Gasteiger partial charge on any atom is 0.337 e. The second-order valence-corrected chi connectivity index (χ2v) is 3.15. The van der Waals surface area contributed by atoms with Gasteiger partial charge >= 0.3 is 6.01 Å². The van der Waals surface area contributed by atoms with Crippen LogP contribution < -0.4 is 4.74 Å². The molecule has 0 aliphatic rings. The van der Waals surface area contributed by atoms with E-state index in [1.165, 1.54) is 4.52 Å². The SMILES string of the molecule is CCOc1nc2nc(C)cc(Cl)n2n1. The van der Waals surface area contributed by atoms with E-state index in [0.29, 0.717) is 23.5 Å². The van der Waals surface area contributed by atoms with E-state index in [-0.39, 0.29) is 0 Å². The summed E-state index contributed by atoms with van der Waals surface area (Å²) in [5, 5.41) is 4.51. The standard InChI is InChI=1S/C8H9ClN4O/c1-3-14-8-11-7-10-5(2)4-6(9)13(7)12-8/h4H,3H2,1-2H3. The van der Waals surface area contributed by atoms with Crippen molar-refractivity contribution in [2.45, 2.75) is 13.8 Å². The molecular weight excluding hydrogens is 204 g/mol. The highest BCUT2D eigenvalue weighted by Crippen LogP contribution is 2.13. The van der Waals surface area contributed by atoms with Crippen LogP contribution in [0.2, 0.25) is 5.15 Å². The second-order valence-electron chi connectivity index (χ2n) is 2.76. The Morgan fingerprint density at radius 1 is 1.50 bits per heavy atom. The molecule has 0 spiro atoms. The summed E-state index contributed by atoms with van der Waals surface area (Å²) in [7, 11) is 0. The van der Waals surface area contributed by atoms with Gasteiger partial charge in [0, 0.05) is 5.69 Å². The highest BCUT2D eigenvalue weighted by molar-refractivity contribution is 6.29. The summed E-state index contributed by atoms with van der Waals surface area (Å²) in [6, 6.07) is 2.02. The molecule has 2 aromatic rings. The Morgan fingerprint density at radius 3 is 3.00 bits per heavy atom. The summed E-state index contributed by atoms with van der Waals surface area (Å²) in [5.74, 6) is 0.457. The van der Waals surface area contributed by atoms with Crippen LogP contribution in [0.4, 0.5) is 0 Å². The fourth-order valence-corrected chi connectivity index (χ4v) is 1.39. The van der Waals surface area contributed by atoms with E-state index in [0.717, 1.165) is 5.69 Å². The Labute approximate surface area is 85.7 Å². The Kier molecular flexibility index (Phi) is 2.25. The van der Waals surface area contributed by atoms with Gasteiger partial charge in [-0.15, -0.1) is 5.10 Å². The van der Waals surface area contributed by atoms with Crippen molar-refractivity contribution in [1.82, 2.24) is 19.6 Å². The van der Waals surface area contributed by atoms with Crippen molar-refractivity contribution in [2.24, 2.45) is 0 Å². The molecular formula is C8H9ClN4O. The maximum atomic E-state index is 5.94. The van der Waals surface area contributed by atoms with Gasteiger partial charge < -0.3 is 4.74 Å². The van der Waals surface area contributed by atoms with Crippen LogP contribution in [0.3, 0.4) is 0 Å². The van der Waals surface area contributed by atoms with Gasteiger partial charge in [0.25, 0.3) is 5.78 Å². The van der Waals surface area contributed by atoms with Crippen LogP contribution in [0.5, 0.6) is 6.01 Å². The van der Waals surface area contributed by atoms with Crippen molar-refractivity contribution in [1.29, 1.82) is 0 Å². The first-order chi connectivity index (χ1) is 6.70. The van der Waals surface area contributed by atoms with Crippen LogP contribution in [0, 0.1) is 6.92 Å². The van der Waals surface area contributed by atoms with Crippen molar-refractivity contribution in [3.05, 3.63) is 16.9 Å². The number of rotatable bonds is 2. The summed E-state index contributed by atoms with van der Waals surface area (Å²) in [6.07, 6.45) is 0. The van der Waals surface area contributed by atoms with Crippen LogP contribution in [-0.4, -0.2) is 26.2 Å². The van der Waals surface area contributed by atoms with E-state index < -0.39 is 0 Å². The van der Waals surface area contributed by atoms with Gasteiger partial charge in [-0.1, -0.05) is 11.6 Å². The molecule has 0 saturated heterocycles. The maximum absolute atomic E-state index is 5.94. The molecule has 6 heteroatoms. The number of nitrogens with zero attached hydrogens (tertiary/aromatic N) is 4. The summed E-state index contributed by atoms with van der Waals surface area (Å²) in [5.41, 5.74) is 0.804. The van der Waals surface area contributed by atoms with Crippen LogP contribution in [0.15, 0.2) is 6.07 Å². The smallest absolute Gasteiger partial charge is 0.337 e. The van der Waals surface area contributed by atoms with E-state index in [9.17, 15) is 0 Å². The first-order valence-corrected chi connectivity index (χ1v) is 4.61. The zero-order valence-corrected chi connectivity index (χ0v) is 8.62. The van der Waals surface area contributed by atoms with Gasteiger partial charge in [-0.05, 0) is 19.9 Å². The van der Waals surface area contributed by atoms with Gasteiger partial charge in [0.05, 0.1) is 6.61 Å². The zero-order valence-electron chi connectivity index (χ0n) is 7.86. The van der Waals surface area contributed by atoms with Crippen molar-refractivity contribution in [3.8, 4) is 6.01 Å². The van der Waals surface area contributed by atoms with Crippen LogP contribution in [0.1, 0.15) is 12.6 Å². The van der Waals surface area contributed by atoms with Crippen LogP contribution in [-0.2, 0) is 0 Å². The normalized spacial score (nSPS) is 10.8. The Hall–Kier alpha value is -1.36. The number of ether oxygens (including phenoxy) is 1. The zero-order chi connectivity index (χ0) is 10.1. The van der Waals surface area contributed by atoms with Crippen LogP contribution >= 0.6 is 11.6 Å². The van der Waals surface area contributed by atoms with E-state index in [1.807, 2.05) is 13.8 Å². The lowest BCUT2D eigenvalue weighted by atomic mass is 10.5. The van der Waals surface area contributed by atoms with Gasteiger partial charge in [-0.25, -0.2) is 4.98 Å². The van der Waals surface area contributed by atoms with E-state index >= 15 is 0 Å². The quantitative estimate of drug-likeness (QED) is 0.708. The monoisotopic (exact) mass is 212 g/mol. The molecule has 0 amide bonds. The van der Waals surface area contributed by atoms with E-state index in [4.69, 9.17) is 16.3 Å². The number of halogens is 1. The van der Waals surface area contributed by atoms with E-state index in [1.54, 1.807) is 6.07 Å². The summed E-state index contributed by atoms with van der Waals surface area (Å²) in [6.45, 7) is 4.24. The molecule has 0 bridgehead atoms. The molecule has 74 valence electrons. The molecule has 5 nitrogen and oxygen atoms in total. The molecule has 14 heavy (non-hydrogen) atoms. The minimum atomic E-state index is 0.299.